The summed E-state index contributed by atoms with van der Waals surface area (Å²) in [6.07, 6.45) is 5.59. The molecule has 0 aromatic carbocycles. The van der Waals surface area contributed by atoms with Crippen molar-refractivity contribution in [2.24, 2.45) is 0 Å². The zero-order valence-corrected chi connectivity index (χ0v) is 7.96. The molecular weight excluding hydrogens is 170 g/mol. The van der Waals surface area contributed by atoms with Gasteiger partial charge in [0, 0.05) is 19.5 Å². The summed E-state index contributed by atoms with van der Waals surface area (Å²) >= 11 is 0. The second-order valence-electron chi connectivity index (χ2n) is 2.90. The highest BCUT2D eigenvalue weighted by molar-refractivity contribution is 5.78. The summed E-state index contributed by atoms with van der Waals surface area (Å²) in [7, 11) is 1.23. The first-order valence-electron chi connectivity index (χ1n) is 3.99. The largest absolute Gasteiger partial charge is 0.467 e. The van der Waals surface area contributed by atoms with Gasteiger partial charge in [-0.2, -0.15) is 0 Å². The first-order chi connectivity index (χ1) is 6.04. The Labute approximate surface area is 78.3 Å². The number of nitrogens with one attached hydrogen (secondary N) is 1. The third kappa shape index (κ3) is 4.51. The highest BCUT2D eigenvalue weighted by atomic mass is 16.5. The summed E-state index contributed by atoms with van der Waals surface area (Å²) in [5, 5.41) is 12.3. The molecule has 4 nitrogen and oxygen atoms in total. The van der Waals surface area contributed by atoms with Crippen LogP contribution in [-0.4, -0.2) is 36.9 Å². The van der Waals surface area contributed by atoms with E-state index < -0.39 is 11.6 Å². The summed E-state index contributed by atoms with van der Waals surface area (Å²) in [4.78, 5) is 10.9. The molecular formula is C9H15NO3. The SMILES string of the molecule is C#CCCNCC(C)(O)C(=O)OC. The van der Waals surface area contributed by atoms with Gasteiger partial charge in [0.1, 0.15) is 0 Å². The molecule has 0 bridgehead atoms. The minimum atomic E-state index is -1.48. The topological polar surface area (TPSA) is 58.6 Å². The quantitative estimate of drug-likeness (QED) is 0.345. The Bertz CT molecular complexity index is 205. The molecule has 0 spiro atoms. The van der Waals surface area contributed by atoms with Crippen LogP contribution in [0.3, 0.4) is 0 Å². The zero-order chi connectivity index (χ0) is 10.3. The van der Waals surface area contributed by atoms with Crippen LogP contribution in [0.5, 0.6) is 0 Å². The van der Waals surface area contributed by atoms with Crippen LogP contribution >= 0.6 is 0 Å². The Morgan fingerprint density at radius 3 is 2.85 bits per heavy atom. The Balaban J connectivity index is 3.77. The van der Waals surface area contributed by atoms with Gasteiger partial charge in [-0.05, 0) is 6.92 Å². The molecule has 0 aliphatic heterocycles. The lowest BCUT2D eigenvalue weighted by molar-refractivity contribution is -0.159. The normalized spacial score (nSPS) is 14.3. The lowest BCUT2D eigenvalue weighted by atomic mass is 10.1. The van der Waals surface area contributed by atoms with Crippen molar-refractivity contribution >= 4 is 5.97 Å². The third-order valence-electron chi connectivity index (χ3n) is 1.54. The average molecular weight is 185 g/mol. The summed E-state index contributed by atoms with van der Waals surface area (Å²) in [6, 6.07) is 0. The van der Waals surface area contributed by atoms with Gasteiger partial charge in [0.05, 0.1) is 7.11 Å². The summed E-state index contributed by atoms with van der Waals surface area (Å²) in [6.45, 7) is 2.10. The van der Waals surface area contributed by atoms with E-state index in [0.29, 0.717) is 13.0 Å². The molecule has 74 valence electrons. The molecule has 2 N–H and O–H groups in total. The van der Waals surface area contributed by atoms with Gasteiger partial charge in [0.15, 0.2) is 5.60 Å². The van der Waals surface area contributed by atoms with Crippen LogP contribution in [0.1, 0.15) is 13.3 Å². The lowest BCUT2D eigenvalue weighted by Gasteiger charge is -2.20. The molecule has 0 aliphatic carbocycles. The van der Waals surface area contributed by atoms with Crippen molar-refractivity contribution in [3.63, 3.8) is 0 Å². The minimum Gasteiger partial charge on any atom is -0.467 e. The van der Waals surface area contributed by atoms with E-state index in [4.69, 9.17) is 6.42 Å². The molecule has 0 aromatic heterocycles. The monoisotopic (exact) mass is 185 g/mol. The number of hydrogen-bond donors (Lipinski definition) is 2. The van der Waals surface area contributed by atoms with E-state index in [1.807, 2.05) is 0 Å². The summed E-state index contributed by atoms with van der Waals surface area (Å²) < 4.78 is 4.40. The van der Waals surface area contributed by atoms with E-state index in [9.17, 15) is 9.90 Å². The smallest absolute Gasteiger partial charge is 0.338 e. The number of carbonyl (C=O) groups is 1. The van der Waals surface area contributed by atoms with E-state index in [2.05, 4.69) is 16.0 Å². The van der Waals surface area contributed by atoms with Crippen molar-refractivity contribution in [3.8, 4) is 12.3 Å². The van der Waals surface area contributed by atoms with Gasteiger partial charge in [0.2, 0.25) is 0 Å². The Morgan fingerprint density at radius 1 is 1.77 bits per heavy atom. The van der Waals surface area contributed by atoms with Crippen molar-refractivity contribution < 1.29 is 14.6 Å². The molecule has 0 aromatic rings. The molecule has 0 radical (unpaired) electrons. The highest BCUT2D eigenvalue weighted by Gasteiger charge is 2.30. The van der Waals surface area contributed by atoms with E-state index in [1.165, 1.54) is 14.0 Å². The van der Waals surface area contributed by atoms with E-state index in [-0.39, 0.29) is 6.54 Å². The number of ether oxygens (including phenoxy) is 1. The van der Waals surface area contributed by atoms with Crippen LogP contribution in [0.25, 0.3) is 0 Å². The standard InChI is InChI=1S/C9H15NO3/c1-4-5-6-10-7-9(2,12)8(11)13-3/h1,10,12H,5-7H2,2-3H3. The predicted molar refractivity (Wildman–Crippen MR) is 49.0 cm³/mol. The van der Waals surface area contributed by atoms with E-state index in [0.717, 1.165) is 0 Å². The second kappa shape index (κ2) is 5.57. The number of methoxy groups -OCH3 is 1. The summed E-state index contributed by atoms with van der Waals surface area (Å²) in [5.74, 6) is 1.78. The Kier molecular flexibility index (Phi) is 5.12. The van der Waals surface area contributed by atoms with Gasteiger partial charge < -0.3 is 15.2 Å². The highest BCUT2D eigenvalue weighted by Crippen LogP contribution is 2.03. The molecule has 1 unspecified atom stereocenters. The molecule has 0 rings (SSSR count). The number of esters is 1. The number of carbonyl (C=O) groups excluding carboxylic acids is 1. The molecule has 0 fully saturated rings. The van der Waals surface area contributed by atoms with E-state index >= 15 is 0 Å². The van der Waals surface area contributed by atoms with Crippen molar-refractivity contribution in [1.29, 1.82) is 0 Å². The van der Waals surface area contributed by atoms with Crippen LogP contribution in [-0.2, 0) is 9.53 Å². The van der Waals surface area contributed by atoms with Crippen molar-refractivity contribution in [1.82, 2.24) is 5.32 Å². The maximum absolute atomic E-state index is 10.9. The first kappa shape index (κ1) is 11.9. The maximum Gasteiger partial charge on any atom is 0.338 e. The molecule has 13 heavy (non-hydrogen) atoms. The van der Waals surface area contributed by atoms with Crippen LogP contribution in [0.4, 0.5) is 0 Å². The molecule has 0 saturated heterocycles. The van der Waals surface area contributed by atoms with Gasteiger partial charge in [-0.25, -0.2) is 4.79 Å². The molecule has 1 atom stereocenters. The molecule has 0 amide bonds. The van der Waals surface area contributed by atoms with Crippen LogP contribution in [0, 0.1) is 12.3 Å². The van der Waals surface area contributed by atoms with Crippen LogP contribution in [0.2, 0.25) is 0 Å². The minimum absolute atomic E-state index is 0.140. The fraction of sp³-hybridized carbons (Fsp3) is 0.667. The van der Waals surface area contributed by atoms with Gasteiger partial charge in [-0.3, -0.25) is 0 Å². The Morgan fingerprint density at radius 2 is 2.38 bits per heavy atom. The molecule has 0 saturated carbocycles. The van der Waals surface area contributed by atoms with E-state index in [1.54, 1.807) is 0 Å². The fourth-order valence-corrected chi connectivity index (χ4v) is 0.784. The predicted octanol–water partition coefficient (Wildman–Crippen LogP) is -0.477. The van der Waals surface area contributed by atoms with Crippen LogP contribution in [0.15, 0.2) is 0 Å². The van der Waals surface area contributed by atoms with Gasteiger partial charge in [0.25, 0.3) is 0 Å². The number of aliphatic hydroxyl groups is 1. The second-order valence-corrected chi connectivity index (χ2v) is 2.90. The number of rotatable bonds is 5. The average Bonchev–Trinajstić information content (AvgIpc) is 2.11. The molecule has 0 aliphatic rings. The zero-order valence-electron chi connectivity index (χ0n) is 7.96. The molecule has 0 heterocycles. The third-order valence-corrected chi connectivity index (χ3v) is 1.54. The van der Waals surface area contributed by atoms with Crippen molar-refractivity contribution in [2.75, 3.05) is 20.2 Å². The summed E-state index contributed by atoms with van der Waals surface area (Å²) in [5.41, 5.74) is -1.48. The number of terminal acetylenes is 1. The van der Waals surface area contributed by atoms with Gasteiger partial charge >= 0.3 is 5.97 Å². The van der Waals surface area contributed by atoms with Gasteiger partial charge in [-0.15, -0.1) is 12.3 Å². The fourth-order valence-electron chi connectivity index (χ4n) is 0.784. The van der Waals surface area contributed by atoms with Crippen LogP contribution < -0.4 is 5.32 Å². The lowest BCUT2D eigenvalue weighted by Crippen LogP contribution is -2.45. The Hall–Kier alpha value is -1.05. The van der Waals surface area contributed by atoms with Crippen molar-refractivity contribution in [2.45, 2.75) is 18.9 Å². The maximum atomic E-state index is 10.9. The van der Waals surface area contributed by atoms with Crippen molar-refractivity contribution in [3.05, 3.63) is 0 Å². The number of hydrogen-bond acceptors (Lipinski definition) is 4. The molecule has 4 heteroatoms. The first-order valence-corrected chi connectivity index (χ1v) is 3.99. The van der Waals surface area contributed by atoms with Gasteiger partial charge in [-0.1, -0.05) is 0 Å².